The first-order chi connectivity index (χ1) is 8.60. The topological polar surface area (TPSA) is 35.0 Å². The van der Waals surface area contributed by atoms with Crippen LogP contribution < -0.4 is 4.74 Å². The molecule has 0 saturated carbocycles. The van der Waals surface area contributed by atoms with E-state index < -0.39 is 0 Å². The smallest absolute Gasteiger partial charge is 0.217 e. The van der Waals surface area contributed by atoms with Gasteiger partial charge in [-0.1, -0.05) is 40.9 Å². The van der Waals surface area contributed by atoms with E-state index in [9.17, 15) is 0 Å². The van der Waals surface area contributed by atoms with Crippen LogP contribution in [0.15, 0.2) is 24.3 Å². The van der Waals surface area contributed by atoms with Crippen molar-refractivity contribution < 1.29 is 4.74 Å². The fourth-order valence-electron chi connectivity index (χ4n) is 1.48. The van der Waals surface area contributed by atoms with Crippen LogP contribution in [0.1, 0.15) is 11.4 Å². The van der Waals surface area contributed by atoms with E-state index in [4.69, 9.17) is 39.5 Å². The van der Waals surface area contributed by atoms with Gasteiger partial charge in [0.2, 0.25) is 5.88 Å². The fourth-order valence-corrected chi connectivity index (χ4v) is 2.21. The van der Waals surface area contributed by atoms with E-state index in [1.165, 1.54) is 7.11 Å². The van der Waals surface area contributed by atoms with Gasteiger partial charge in [0.15, 0.2) is 0 Å². The largest absolute Gasteiger partial charge is 0.481 e. The van der Waals surface area contributed by atoms with Crippen LogP contribution in [-0.2, 0) is 6.42 Å². The minimum Gasteiger partial charge on any atom is -0.481 e. The van der Waals surface area contributed by atoms with Crippen LogP contribution in [0.5, 0.6) is 5.88 Å². The molecule has 94 valence electrons. The first kappa shape index (κ1) is 13.4. The summed E-state index contributed by atoms with van der Waals surface area (Å²) >= 11 is 18.1. The molecule has 2 rings (SSSR count). The van der Waals surface area contributed by atoms with Crippen molar-refractivity contribution in [3.8, 4) is 5.88 Å². The molecule has 0 amide bonds. The molecular formula is C12H9Cl3N2O. The van der Waals surface area contributed by atoms with E-state index in [2.05, 4.69) is 9.97 Å². The molecule has 0 saturated heterocycles. The van der Waals surface area contributed by atoms with Crippen molar-refractivity contribution >= 4 is 34.8 Å². The summed E-state index contributed by atoms with van der Waals surface area (Å²) in [7, 11) is 1.52. The maximum absolute atomic E-state index is 6.09. The van der Waals surface area contributed by atoms with Gasteiger partial charge < -0.3 is 4.74 Å². The predicted molar refractivity (Wildman–Crippen MR) is 72.9 cm³/mol. The van der Waals surface area contributed by atoms with Crippen molar-refractivity contribution in [2.75, 3.05) is 7.11 Å². The molecule has 0 aliphatic heterocycles. The van der Waals surface area contributed by atoms with Crippen molar-refractivity contribution in [1.29, 1.82) is 0 Å². The molecule has 1 aromatic carbocycles. The van der Waals surface area contributed by atoms with Gasteiger partial charge in [-0.2, -0.15) is 4.98 Å². The Hall–Kier alpha value is -1.03. The maximum atomic E-state index is 6.09. The molecule has 0 N–H and O–H groups in total. The average molecular weight is 304 g/mol. The molecule has 0 bridgehead atoms. The van der Waals surface area contributed by atoms with E-state index >= 15 is 0 Å². The number of rotatable bonds is 3. The van der Waals surface area contributed by atoms with Crippen molar-refractivity contribution in [3.63, 3.8) is 0 Å². The predicted octanol–water partition coefficient (Wildman–Crippen LogP) is 4.04. The third-order valence-electron chi connectivity index (χ3n) is 2.32. The summed E-state index contributed by atoms with van der Waals surface area (Å²) < 4.78 is 5.03. The number of ether oxygens (including phenoxy) is 1. The molecule has 0 unspecified atom stereocenters. The maximum Gasteiger partial charge on any atom is 0.217 e. The molecule has 18 heavy (non-hydrogen) atoms. The second-order valence-electron chi connectivity index (χ2n) is 3.53. The summed E-state index contributed by atoms with van der Waals surface area (Å²) in [5.74, 6) is 0.919. The Morgan fingerprint density at radius 2 is 1.78 bits per heavy atom. The van der Waals surface area contributed by atoms with Crippen LogP contribution in [-0.4, -0.2) is 17.1 Å². The van der Waals surface area contributed by atoms with Gasteiger partial charge in [0.05, 0.1) is 7.11 Å². The Kier molecular flexibility index (Phi) is 4.27. The summed E-state index contributed by atoms with van der Waals surface area (Å²) in [5.41, 5.74) is 0.769. The molecule has 0 fully saturated rings. The van der Waals surface area contributed by atoms with E-state index in [0.29, 0.717) is 33.3 Å². The van der Waals surface area contributed by atoms with Crippen LogP contribution in [0.3, 0.4) is 0 Å². The first-order valence-corrected chi connectivity index (χ1v) is 6.24. The monoisotopic (exact) mass is 302 g/mol. The van der Waals surface area contributed by atoms with Gasteiger partial charge in [-0.15, -0.1) is 0 Å². The summed E-state index contributed by atoms with van der Waals surface area (Å²) in [6.07, 6.45) is 0.398. The quantitative estimate of drug-likeness (QED) is 0.803. The standard InChI is InChI=1S/C12H9Cl3N2O/c1-18-12-6-10(15)16-11(17-12)5-7-8(13)3-2-4-9(7)14/h2-4,6H,5H2,1H3. The first-order valence-electron chi connectivity index (χ1n) is 5.10. The highest BCUT2D eigenvalue weighted by molar-refractivity contribution is 6.36. The number of hydrogen-bond donors (Lipinski definition) is 0. The molecule has 0 aliphatic carbocycles. The minimum atomic E-state index is 0.319. The third-order valence-corrected chi connectivity index (χ3v) is 3.23. The van der Waals surface area contributed by atoms with Gasteiger partial charge in [0, 0.05) is 22.5 Å². The fraction of sp³-hybridized carbons (Fsp3) is 0.167. The van der Waals surface area contributed by atoms with Crippen LogP contribution in [0.25, 0.3) is 0 Å². The lowest BCUT2D eigenvalue weighted by molar-refractivity contribution is 0.395. The third kappa shape index (κ3) is 3.05. The molecular weight excluding hydrogens is 295 g/mol. The molecule has 1 aromatic heterocycles. The normalized spacial score (nSPS) is 10.4. The van der Waals surface area contributed by atoms with E-state index in [1.807, 2.05) is 0 Å². The van der Waals surface area contributed by atoms with Crippen LogP contribution in [0.4, 0.5) is 0 Å². The van der Waals surface area contributed by atoms with Gasteiger partial charge in [-0.25, -0.2) is 4.98 Å². The van der Waals surface area contributed by atoms with Crippen LogP contribution in [0, 0.1) is 0 Å². The highest BCUT2D eigenvalue weighted by Gasteiger charge is 2.10. The molecule has 0 radical (unpaired) electrons. The summed E-state index contributed by atoms with van der Waals surface area (Å²) in [5, 5.41) is 1.47. The number of benzene rings is 1. The second-order valence-corrected chi connectivity index (χ2v) is 4.73. The van der Waals surface area contributed by atoms with Gasteiger partial charge in [0.25, 0.3) is 0 Å². The zero-order valence-electron chi connectivity index (χ0n) is 9.45. The zero-order valence-corrected chi connectivity index (χ0v) is 11.7. The molecule has 1 heterocycles. The Balaban J connectivity index is 2.37. The number of methoxy groups -OCH3 is 1. The SMILES string of the molecule is COc1cc(Cl)nc(Cc2c(Cl)cccc2Cl)n1. The minimum absolute atomic E-state index is 0.319. The average Bonchev–Trinajstić information content (AvgIpc) is 2.33. The van der Waals surface area contributed by atoms with Gasteiger partial charge >= 0.3 is 0 Å². The van der Waals surface area contributed by atoms with Crippen molar-refractivity contribution in [3.05, 3.63) is 50.9 Å². The summed E-state index contributed by atoms with van der Waals surface area (Å²) in [6, 6.07) is 6.86. The van der Waals surface area contributed by atoms with E-state index in [1.54, 1.807) is 24.3 Å². The number of hydrogen-bond acceptors (Lipinski definition) is 3. The Morgan fingerprint density at radius 3 is 2.39 bits per heavy atom. The number of nitrogens with zero attached hydrogens (tertiary/aromatic N) is 2. The Morgan fingerprint density at radius 1 is 1.11 bits per heavy atom. The number of aromatic nitrogens is 2. The Labute approximate surface area is 120 Å². The Bertz CT molecular complexity index is 555. The molecule has 6 heteroatoms. The summed E-state index contributed by atoms with van der Waals surface area (Å²) in [6.45, 7) is 0. The highest BCUT2D eigenvalue weighted by Crippen LogP contribution is 2.26. The highest BCUT2D eigenvalue weighted by atomic mass is 35.5. The van der Waals surface area contributed by atoms with Crippen molar-refractivity contribution in [1.82, 2.24) is 9.97 Å². The lowest BCUT2D eigenvalue weighted by atomic mass is 10.1. The molecule has 2 aromatic rings. The molecule has 3 nitrogen and oxygen atoms in total. The van der Waals surface area contributed by atoms with E-state index in [-0.39, 0.29) is 0 Å². The lowest BCUT2D eigenvalue weighted by Gasteiger charge is -2.07. The van der Waals surface area contributed by atoms with Gasteiger partial charge in [0.1, 0.15) is 11.0 Å². The second kappa shape index (κ2) is 5.74. The zero-order chi connectivity index (χ0) is 13.1. The van der Waals surface area contributed by atoms with E-state index in [0.717, 1.165) is 5.56 Å². The summed E-state index contributed by atoms with van der Waals surface area (Å²) in [4.78, 5) is 8.31. The van der Waals surface area contributed by atoms with Crippen LogP contribution in [0.2, 0.25) is 15.2 Å². The molecule has 0 atom stereocenters. The number of halogens is 3. The van der Waals surface area contributed by atoms with Crippen molar-refractivity contribution in [2.45, 2.75) is 6.42 Å². The van der Waals surface area contributed by atoms with Crippen LogP contribution >= 0.6 is 34.8 Å². The van der Waals surface area contributed by atoms with Gasteiger partial charge in [-0.3, -0.25) is 0 Å². The van der Waals surface area contributed by atoms with Crippen molar-refractivity contribution in [2.24, 2.45) is 0 Å². The van der Waals surface area contributed by atoms with Gasteiger partial charge in [-0.05, 0) is 17.7 Å². The molecule has 0 spiro atoms. The molecule has 0 aliphatic rings. The lowest BCUT2D eigenvalue weighted by Crippen LogP contribution is -2.00.